The minimum absolute atomic E-state index is 0.0171. The summed E-state index contributed by atoms with van der Waals surface area (Å²) in [7, 11) is 1.58. The largest absolute Gasteiger partial charge is 0.497 e. The first-order valence-corrected chi connectivity index (χ1v) is 10.3. The molecule has 1 amide bonds. The van der Waals surface area contributed by atoms with Crippen molar-refractivity contribution in [3.63, 3.8) is 0 Å². The van der Waals surface area contributed by atoms with Crippen LogP contribution in [0.15, 0.2) is 66.2 Å². The van der Waals surface area contributed by atoms with Gasteiger partial charge in [0, 0.05) is 17.3 Å². The van der Waals surface area contributed by atoms with Crippen molar-refractivity contribution in [1.82, 2.24) is 0 Å². The van der Waals surface area contributed by atoms with Gasteiger partial charge in [-0.2, -0.15) is 5.26 Å². The van der Waals surface area contributed by atoms with Crippen LogP contribution in [0.5, 0.6) is 11.5 Å². The van der Waals surface area contributed by atoms with Crippen molar-refractivity contribution in [3.05, 3.63) is 94.1 Å². The van der Waals surface area contributed by atoms with Crippen LogP contribution < -0.4 is 14.8 Å². The van der Waals surface area contributed by atoms with Gasteiger partial charge in [-0.25, -0.2) is 0 Å². The number of nitrogens with zero attached hydrogens (tertiary/aromatic N) is 1. The normalized spacial score (nSPS) is 10.9. The van der Waals surface area contributed by atoms with E-state index in [-0.39, 0.29) is 5.57 Å². The number of carbonyl (C=O) groups is 1. The maximum atomic E-state index is 12.8. The molecule has 0 spiro atoms. The number of aryl methyl sites for hydroxylation is 2. The molecule has 0 aliphatic carbocycles. The number of anilines is 1. The Hall–Kier alpha value is -4.04. The summed E-state index contributed by atoms with van der Waals surface area (Å²) in [5, 5.41) is 12.5. The van der Waals surface area contributed by atoms with Crippen molar-refractivity contribution in [3.8, 4) is 17.6 Å². The van der Waals surface area contributed by atoms with E-state index < -0.39 is 5.91 Å². The van der Waals surface area contributed by atoms with Gasteiger partial charge >= 0.3 is 0 Å². The fourth-order valence-corrected chi connectivity index (χ4v) is 3.23. The second-order valence-corrected chi connectivity index (χ2v) is 7.55. The third-order valence-corrected chi connectivity index (χ3v) is 5.22. The molecule has 5 heteroatoms. The molecular weight excluding hydrogens is 400 g/mol. The van der Waals surface area contributed by atoms with Crippen molar-refractivity contribution < 1.29 is 14.3 Å². The molecule has 0 bridgehead atoms. The van der Waals surface area contributed by atoms with E-state index in [9.17, 15) is 10.1 Å². The Labute approximate surface area is 188 Å². The van der Waals surface area contributed by atoms with Gasteiger partial charge in [0.1, 0.15) is 29.7 Å². The minimum Gasteiger partial charge on any atom is -0.497 e. The number of hydrogen-bond donors (Lipinski definition) is 1. The summed E-state index contributed by atoms with van der Waals surface area (Å²) in [5.74, 6) is 0.680. The molecule has 0 saturated heterocycles. The second kappa shape index (κ2) is 10.3. The molecule has 162 valence electrons. The molecule has 0 aliphatic rings. The Kier molecular flexibility index (Phi) is 7.30. The number of methoxy groups -OCH3 is 1. The fraction of sp³-hybridized carbons (Fsp3) is 0.185. The maximum absolute atomic E-state index is 12.8. The zero-order chi connectivity index (χ0) is 23.1. The fourth-order valence-electron chi connectivity index (χ4n) is 3.23. The van der Waals surface area contributed by atoms with Crippen molar-refractivity contribution in [2.45, 2.75) is 27.4 Å². The number of nitriles is 1. The molecule has 3 aromatic carbocycles. The first-order valence-electron chi connectivity index (χ1n) is 10.3. The number of benzene rings is 3. The second-order valence-electron chi connectivity index (χ2n) is 7.55. The molecule has 0 atom stereocenters. The summed E-state index contributed by atoms with van der Waals surface area (Å²) in [5.41, 5.74) is 5.48. The van der Waals surface area contributed by atoms with Crippen molar-refractivity contribution in [2.24, 2.45) is 0 Å². The van der Waals surface area contributed by atoms with Gasteiger partial charge in [-0.3, -0.25) is 4.79 Å². The Balaban J connectivity index is 1.88. The van der Waals surface area contributed by atoms with E-state index >= 15 is 0 Å². The van der Waals surface area contributed by atoms with Gasteiger partial charge in [-0.1, -0.05) is 42.0 Å². The Morgan fingerprint density at radius 1 is 1.06 bits per heavy atom. The average molecular weight is 427 g/mol. The SMILES string of the molecule is COc1ccc(/C=C(\C#N)C(=O)Nc2cccc(C)c2C)c(OCc2cccc(C)c2)c1. The third-order valence-electron chi connectivity index (χ3n) is 5.22. The molecule has 0 aliphatic heterocycles. The smallest absolute Gasteiger partial charge is 0.266 e. The van der Waals surface area contributed by atoms with E-state index in [4.69, 9.17) is 9.47 Å². The molecular formula is C27H26N2O3. The Morgan fingerprint density at radius 2 is 1.84 bits per heavy atom. The van der Waals surface area contributed by atoms with Crippen molar-refractivity contribution >= 4 is 17.7 Å². The predicted molar refractivity (Wildman–Crippen MR) is 127 cm³/mol. The van der Waals surface area contributed by atoms with Crippen LogP contribution in [0.4, 0.5) is 5.69 Å². The van der Waals surface area contributed by atoms with E-state index in [1.54, 1.807) is 25.3 Å². The van der Waals surface area contributed by atoms with Crippen LogP contribution in [0, 0.1) is 32.1 Å². The number of hydrogen-bond acceptors (Lipinski definition) is 4. The van der Waals surface area contributed by atoms with E-state index in [2.05, 4.69) is 5.32 Å². The lowest BCUT2D eigenvalue weighted by molar-refractivity contribution is -0.112. The lowest BCUT2D eigenvalue weighted by atomic mass is 10.1. The molecule has 32 heavy (non-hydrogen) atoms. The van der Waals surface area contributed by atoms with Crippen LogP contribution in [0.25, 0.3) is 6.08 Å². The van der Waals surface area contributed by atoms with E-state index in [1.165, 1.54) is 6.08 Å². The summed E-state index contributed by atoms with van der Waals surface area (Å²) < 4.78 is 11.4. The molecule has 0 fully saturated rings. The summed E-state index contributed by atoms with van der Waals surface area (Å²) in [6, 6.07) is 21.0. The molecule has 3 rings (SSSR count). The van der Waals surface area contributed by atoms with Crippen LogP contribution >= 0.6 is 0 Å². The summed E-state index contributed by atoms with van der Waals surface area (Å²) >= 11 is 0. The molecule has 0 saturated carbocycles. The summed E-state index contributed by atoms with van der Waals surface area (Å²) in [6.07, 6.45) is 1.53. The highest BCUT2D eigenvalue weighted by Gasteiger charge is 2.14. The van der Waals surface area contributed by atoms with Crippen molar-refractivity contribution in [1.29, 1.82) is 5.26 Å². The van der Waals surface area contributed by atoms with Gasteiger partial charge < -0.3 is 14.8 Å². The lowest BCUT2D eigenvalue weighted by Crippen LogP contribution is -2.14. The van der Waals surface area contributed by atoms with Crippen LogP contribution in [0.3, 0.4) is 0 Å². The highest BCUT2D eigenvalue weighted by Crippen LogP contribution is 2.28. The van der Waals surface area contributed by atoms with E-state index in [1.807, 2.05) is 69.3 Å². The quantitative estimate of drug-likeness (QED) is 0.386. The number of carbonyl (C=O) groups excluding carboxylic acids is 1. The molecule has 0 aromatic heterocycles. The highest BCUT2D eigenvalue weighted by atomic mass is 16.5. The van der Waals surface area contributed by atoms with Gasteiger partial charge in [0.25, 0.3) is 5.91 Å². The summed E-state index contributed by atoms with van der Waals surface area (Å²) in [4.78, 5) is 12.8. The highest BCUT2D eigenvalue weighted by molar-refractivity contribution is 6.10. The van der Waals surface area contributed by atoms with Crippen LogP contribution in [-0.4, -0.2) is 13.0 Å². The van der Waals surface area contributed by atoms with Crippen molar-refractivity contribution in [2.75, 3.05) is 12.4 Å². The number of rotatable bonds is 7. The molecule has 0 unspecified atom stereocenters. The van der Waals surface area contributed by atoms with Gasteiger partial charge in [-0.15, -0.1) is 0 Å². The molecule has 0 radical (unpaired) electrons. The van der Waals surface area contributed by atoms with E-state index in [0.29, 0.717) is 29.4 Å². The molecule has 5 nitrogen and oxygen atoms in total. The maximum Gasteiger partial charge on any atom is 0.266 e. The predicted octanol–water partition coefficient (Wildman–Crippen LogP) is 5.75. The van der Waals surface area contributed by atoms with Crippen LogP contribution in [0.2, 0.25) is 0 Å². The number of amides is 1. The van der Waals surface area contributed by atoms with Gasteiger partial charge in [0.05, 0.1) is 7.11 Å². The number of nitrogens with one attached hydrogen (secondary N) is 1. The Bertz CT molecular complexity index is 1210. The van der Waals surface area contributed by atoms with Gasteiger partial charge in [-0.05, 0) is 61.7 Å². The molecule has 0 heterocycles. The molecule has 1 N–H and O–H groups in total. The topological polar surface area (TPSA) is 71.3 Å². The van der Waals surface area contributed by atoms with Gasteiger partial charge in [0.15, 0.2) is 0 Å². The van der Waals surface area contributed by atoms with E-state index in [0.717, 1.165) is 22.3 Å². The zero-order valence-electron chi connectivity index (χ0n) is 18.7. The lowest BCUT2D eigenvalue weighted by Gasteiger charge is -2.13. The average Bonchev–Trinajstić information content (AvgIpc) is 2.79. The zero-order valence-corrected chi connectivity index (χ0v) is 18.7. The van der Waals surface area contributed by atoms with Crippen LogP contribution in [-0.2, 0) is 11.4 Å². The summed E-state index contributed by atoms with van der Waals surface area (Å²) in [6.45, 7) is 6.28. The minimum atomic E-state index is -0.471. The molecule has 3 aromatic rings. The monoisotopic (exact) mass is 426 g/mol. The third kappa shape index (κ3) is 5.55. The first-order chi connectivity index (χ1) is 15.4. The van der Waals surface area contributed by atoms with Crippen LogP contribution in [0.1, 0.15) is 27.8 Å². The Morgan fingerprint density at radius 3 is 2.56 bits per heavy atom. The van der Waals surface area contributed by atoms with Gasteiger partial charge in [0.2, 0.25) is 0 Å². The number of ether oxygens (including phenoxy) is 2. The first kappa shape index (κ1) is 22.6. The standard InChI is InChI=1S/C27H26N2O3/c1-18-7-5-9-21(13-18)17-32-26-15-24(31-4)12-11-22(26)14-23(16-28)27(30)29-25-10-6-8-19(2)20(25)3/h5-15H,17H2,1-4H3,(H,29,30)/b23-14+.